The van der Waals surface area contributed by atoms with Crippen LogP contribution in [0.4, 0.5) is 10.1 Å². The van der Waals surface area contributed by atoms with Gasteiger partial charge in [-0.05, 0) is 54.8 Å². The quantitative estimate of drug-likeness (QED) is 0.876. The van der Waals surface area contributed by atoms with Crippen LogP contribution in [0, 0.1) is 12.7 Å². The van der Waals surface area contributed by atoms with Crippen molar-refractivity contribution in [2.45, 2.75) is 38.8 Å². The number of aromatic nitrogens is 4. The van der Waals surface area contributed by atoms with Crippen LogP contribution in [0.2, 0.25) is 0 Å². The zero-order chi connectivity index (χ0) is 15.0. The number of hydrogen-bond donors (Lipinski definition) is 1. The van der Waals surface area contributed by atoms with Gasteiger partial charge in [-0.15, -0.1) is 5.10 Å². The van der Waals surface area contributed by atoms with Crippen LogP contribution in [0.25, 0.3) is 11.4 Å². The van der Waals surface area contributed by atoms with Crippen LogP contribution >= 0.6 is 0 Å². The molecule has 1 aliphatic rings. The maximum atomic E-state index is 14.4. The zero-order valence-electron chi connectivity index (χ0n) is 12.1. The number of nitrogen functional groups attached to an aromatic ring is 1. The SMILES string of the molecule is Cc1cc(N)cc(-c2nnnn2C(C)C2CCCO2)c1F. The molecule has 21 heavy (non-hydrogen) atoms. The third kappa shape index (κ3) is 2.49. The minimum absolute atomic E-state index is 0.0532. The fourth-order valence-corrected chi connectivity index (χ4v) is 2.75. The summed E-state index contributed by atoms with van der Waals surface area (Å²) >= 11 is 0. The largest absolute Gasteiger partial charge is 0.399 e. The Morgan fingerprint density at radius 1 is 1.48 bits per heavy atom. The molecule has 1 aromatic carbocycles. The number of aryl methyl sites for hydroxylation is 1. The Balaban J connectivity index is 2.03. The van der Waals surface area contributed by atoms with E-state index in [1.54, 1.807) is 23.7 Å². The van der Waals surface area contributed by atoms with Crippen molar-refractivity contribution in [1.29, 1.82) is 0 Å². The average molecular weight is 291 g/mol. The lowest BCUT2D eigenvalue weighted by Crippen LogP contribution is -2.23. The minimum atomic E-state index is -0.347. The topological polar surface area (TPSA) is 78.9 Å². The second-order valence-electron chi connectivity index (χ2n) is 5.44. The van der Waals surface area contributed by atoms with Gasteiger partial charge in [0.25, 0.3) is 0 Å². The third-order valence-corrected chi connectivity index (χ3v) is 3.90. The highest BCUT2D eigenvalue weighted by molar-refractivity contribution is 5.63. The van der Waals surface area contributed by atoms with Crippen LogP contribution in [-0.4, -0.2) is 32.9 Å². The van der Waals surface area contributed by atoms with Crippen LogP contribution in [-0.2, 0) is 4.74 Å². The van der Waals surface area contributed by atoms with Gasteiger partial charge in [0, 0.05) is 12.3 Å². The van der Waals surface area contributed by atoms with Gasteiger partial charge in [-0.25, -0.2) is 9.07 Å². The number of halogens is 1. The predicted molar refractivity (Wildman–Crippen MR) is 76.0 cm³/mol. The molecule has 3 rings (SSSR count). The summed E-state index contributed by atoms with van der Waals surface area (Å²) in [6.07, 6.45) is 2.04. The van der Waals surface area contributed by atoms with Gasteiger partial charge in [0.15, 0.2) is 5.82 Å². The molecule has 0 amide bonds. The van der Waals surface area contributed by atoms with E-state index in [2.05, 4.69) is 15.5 Å². The number of tetrazole rings is 1. The molecule has 2 atom stereocenters. The highest BCUT2D eigenvalue weighted by Crippen LogP contribution is 2.30. The van der Waals surface area contributed by atoms with Crippen molar-refractivity contribution in [3.63, 3.8) is 0 Å². The average Bonchev–Trinajstić information content (AvgIpc) is 3.12. The monoisotopic (exact) mass is 291 g/mol. The second-order valence-corrected chi connectivity index (χ2v) is 5.44. The van der Waals surface area contributed by atoms with Gasteiger partial charge >= 0.3 is 0 Å². The summed E-state index contributed by atoms with van der Waals surface area (Å²) in [7, 11) is 0. The van der Waals surface area contributed by atoms with Gasteiger partial charge in [0.1, 0.15) is 5.82 Å². The molecule has 2 aromatic rings. The van der Waals surface area contributed by atoms with E-state index in [0.717, 1.165) is 19.4 Å². The second kappa shape index (κ2) is 5.40. The van der Waals surface area contributed by atoms with Gasteiger partial charge in [-0.2, -0.15) is 0 Å². The normalized spacial score (nSPS) is 19.9. The Hall–Kier alpha value is -2.02. The van der Waals surface area contributed by atoms with E-state index in [0.29, 0.717) is 22.6 Å². The molecule has 0 bridgehead atoms. The van der Waals surface area contributed by atoms with Crippen LogP contribution in [0.5, 0.6) is 0 Å². The Morgan fingerprint density at radius 3 is 3.00 bits per heavy atom. The predicted octanol–water partition coefficient (Wildman–Crippen LogP) is 2.11. The molecule has 6 nitrogen and oxygen atoms in total. The molecule has 7 heteroatoms. The molecular formula is C14H18FN5O. The molecule has 1 aliphatic heterocycles. The van der Waals surface area contributed by atoms with Crippen LogP contribution < -0.4 is 5.73 Å². The van der Waals surface area contributed by atoms with Crippen LogP contribution in [0.3, 0.4) is 0 Å². The zero-order valence-corrected chi connectivity index (χ0v) is 12.1. The molecule has 0 aliphatic carbocycles. The number of nitrogens with zero attached hydrogens (tertiary/aromatic N) is 4. The van der Waals surface area contributed by atoms with E-state index in [1.807, 2.05) is 6.92 Å². The van der Waals surface area contributed by atoms with Crippen molar-refractivity contribution in [2.75, 3.05) is 12.3 Å². The highest BCUT2D eigenvalue weighted by Gasteiger charge is 2.28. The standard InChI is InChI=1S/C14H18FN5O/c1-8-6-10(16)7-11(13(8)15)14-17-18-19-20(14)9(2)12-4-3-5-21-12/h6-7,9,12H,3-5,16H2,1-2H3. The minimum Gasteiger partial charge on any atom is -0.399 e. The van der Waals surface area contributed by atoms with Crippen molar-refractivity contribution in [3.05, 3.63) is 23.5 Å². The van der Waals surface area contributed by atoms with Crippen molar-refractivity contribution >= 4 is 5.69 Å². The first-order chi connectivity index (χ1) is 10.1. The van der Waals surface area contributed by atoms with Gasteiger partial charge in [-0.1, -0.05) is 0 Å². The van der Waals surface area contributed by atoms with Crippen molar-refractivity contribution in [3.8, 4) is 11.4 Å². The van der Waals surface area contributed by atoms with E-state index < -0.39 is 0 Å². The molecule has 1 aromatic heterocycles. The Bertz CT molecular complexity index is 651. The summed E-state index contributed by atoms with van der Waals surface area (Å²) in [5, 5.41) is 11.7. The number of nitrogens with two attached hydrogens (primary N) is 1. The van der Waals surface area contributed by atoms with E-state index in [-0.39, 0.29) is 18.0 Å². The molecule has 112 valence electrons. The molecule has 2 unspecified atom stereocenters. The number of ether oxygens (including phenoxy) is 1. The first-order valence-electron chi connectivity index (χ1n) is 7.03. The maximum Gasteiger partial charge on any atom is 0.185 e. The smallest absolute Gasteiger partial charge is 0.185 e. The molecule has 1 fully saturated rings. The molecule has 1 saturated heterocycles. The van der Waals surface area contributed by atoms with Gasteiger partial charge in [0.05, 0.1) is 17.7 Å². The maximum absolute atomic E-state index is 14.4. The first-order valence-corrected chi connectivity index (χ1v) is 7.03. The Morgan fingerprint density at radius 2 is 2.29 bits per heavy atom. The summed E-state index contributed by atoms with van der Waals surface area (Å²) < 4.78 is 21.7. The Kier molecular flexibility index (Phi) is 3.59. The summed E-state index contributed by atoms with van der Waals surface area (Å²) in [5.41, 5.74) is 7.10. The number of benzene rings is 1. The molecule has 0 radical (unpaired) electrons. The number of anilines is 1. The van der Waals surface area contributed by atoms with Gasteiger partial charge < -0.3 is 10.5 Å². The highest BCUT2D eigenvalue weighted by atomic mass is 19.1. The lowest BCUT2D eigenvalue weighted by atomic mass is 10.1. The summed E-state index contributed by atoms with van der Waals surface area (Å²) in [6.45, 7) is 4.40. The number of rotatable bonds is 3. The third-order valence-electron chi connectivity index (χ3n) is 3.90. The fourth-order valence-electron chi connectivity index (χ4n) is 2.75. The molecule has 2 N–H and O–H groups in total. The van der Waals surface area contributed by atoms with E-state index in [1.165, 1.54) is 0 Å². The summed E-state index contributed by atoms with van der Waals surface area (Å²) in [6, 6.07) is 3.10. The molecular weight excluding hydrogens is 273 g/mol. The molecule has 0 saturated carbocycles. The lowest BCUT2D eigenvalue weighted by Gasteiger charge is -2.19. The fraction of sp³-hybridized carbons (Fsp3) is 0.500. The van der Waals surface area contributed by atoms with Crippen LogP contribution in [0.1, 0.15) is 31.4 Å². The van der Waals surface area contributed by atoms with E-state index in [9.17, 15) is 4.39 Å². The lowest BCUT2D eigenvalue weighted by molar-refractivity contribution is 0.0690. The molecule has 0 spiro atoms. The van der Waals surface area contributed by atoms with Crippen molar-refractivity contribution in [2.24, 2.45) is 0 Å². The van der Waals surface area contributed by atoms with Crippen molar-refractivity contribution < 1.29 is 9.13 Å². The van der Waals surface area contributed by atoms with Crippen LogP contribution in [0.15, 0.2) is 12.1 Å². The van der Waals surface area contributed by atoms with Gasteiger partial charge in [-0.3, -0.25) is 0 Å². The Labute approximate surface area is 122 Å². The van der Waals surface area contributed by atoms with Crippen molar-refractivity contribution in [1.82, 2.24) is 20.2 Å². The van der Waals surface area contributed by atoms with Gasteiger partial charge in [0.2, 0.25) is 0 Å². The molecule has 2 heterocycles. The van der Waals surface area contributed by atoms with E-state index in [4.69, 9.17) is 10.5 Å². The summed E-state index contributed by atoms with van der Waals surface area (Å²) in [5.74, 6) is 0.0330. The summed E-state index contributed by atoms with van der Waals surface area (Å²) in [4.78, 5) is 0. The number of hydrogen-bond acceptors (Lipinski definition) is 5. The van der Waals surface area contributed by atoms with E-state index >= 15 is 0 Å². The first kappa shape index (κ1) is 13.9.